The lowest BCUT2D eigenvalue weighted by Gasteiger charge is -2.13. The molecule has 0 saturated heterocycles. The number of nitrogens with zero attached hydrogens (tertiary/aromatic N) is 1. The van der Waals surface area contributed by atoms with Crippen molar-refractivity contribution in [3.05, 3.63) is 35.4 Å². The van der Waals surface area contributed by atoms with Crippen LogP contribution in [0.4, 0.5) is 13.2 Å². The number of rotatable bonds is 5. The van der Waals surface area contributed by atoms with Gasteiger partial charge in [0.05, 0.1) is 11.6 Å². The van der Waals surface area contributed by atoms with Gasteiger partial charge in [-0.3, -0.25) is 0 Å². The largest absolute Gasteiger partial charge is 0.416 e. The van der Waals surface area contributed by atoms with Crippen LogP contribution in [-0.4, -0.2) is 6.54 Å². The molecule has 1 aromatic rings. The number of alkyl halides is 3. The molecular weight excluding hydrogens is 253 g/mol. The average Bonchev–Trinajstić information content (AvgIpc) is 3.09. The van der Waals surface area contributed by atoms with Crippen LogP contribution < -0.4 is 5.32 Å². The highest BCUT2D eigenvalue weighted by molar-refractivity contribution is 5.25. The Morgan fingerprint density at radius 2 is 2.05 bits per heavy atom. The Balaban J connectivity index is 1.89. The zero-order valence-corrected chi connectivity index (χ0v) is 10.4. The number of halogens is 3. The predicted molar refractivity (Wildman–Crippen MR) is 65.0 cm³/mol. The maximum absolute atomic E-state index is 12.5. The van der Waals surface area contributed by atoms with Crippen LogP contribution in [0.5, 0.6) is 0 Å². The Morgan fingerprint density at radius 3 is 2.63 bits per heavy atom. The lowest BCUT2D eigenvalue weighted by molar-refractivity contribution is -0.137. The normalized spacial score (nSPS) is 16.9. The molecular formula is C14H15F3N2. The first-order valence-electron chi connectivity index (χ1n) is 6.19. The highest BCUT2D eigenvalue weighted by Gasteiger charge is 2.41. The van der Waals surface area contributed by atoms with Gasteiger partial charge in [-0.05, 0) is 29.9 Å². The average molecular weight is 268 g/mol. The zero-order valence-electron chi connectivity index (χ0n) is 10.4. The summed E-state index contributed by atoms with van der Waals surface area (Å²) in [5.41, 5.74) is 0.0590. The molecule has 1 aliphatic rings. The predicted octanol–water partition coefficient (Wildman–Crippen LogP) is 3.49. The molecule has 5 heteroatoms. The second-order valence-electron chi connectivity index (χ2n) is 5.14. The quantitative estimate of drug-likeness (QED) is 0.887. The van der Waals surface area contributed by atoms with Crippen LogP contribution in [-0.2, 0) is 12.7 Å². The van der Waals surface area contributed by atoms with Gasteiger partial charge in [0.2, 0.25) is 0 Å². The fourth-order valence-corrected chi connectivity index (χ4v) is 2.09. The van der Waals surface area contributed by atoms with Crippen LogP contribution >= 0.6 is 0 Å². The van der Waals surface area contributed by atoms with E-state index in [-0.39, 0.29) is 5.41 Å². The van der Waals surface area contributed by atoms with E-state index in [0.717, 1.165) is 25.0 Å². The van der Waals surface area contributed by atoms with Crippen LogP contribution in [0, 0.1) is 16.7 Å². The maximum Gasteiger partial charge on any atom is 0.416 e. The second kappa shape index (κ2) is 5.22. The van der Waals surface area contributed by atoms with E-state index in [1.165, 1.54) is 6.07 Å². The Labute approximate surface area is 110 Å². The van der Waals surface area contributed by atoms with E-state index in [4.69, 9.17) is 5.26 Å². The van der Waals surface area contributed by atoms with Crippen molar-refractivity contribution < 1.29 is 13.2 Å². The van der Waals surface area contributed by atoms with Gasteiger partial charge in [0.1, 0.15) is 0 Å². The lowest BCUT2D eigenvalue weighted by Crippen LogP contribution is -2.23. The van der Waals surface area contributed by atoms with E-state index < -0.39 is 11.7 Å². The Kier molecular flexibility index (Phi) is 3.81. The summed E-state index contributed by atoms with van der Waals surface area (Å²) in [6.07, 6.45) is -1.73. The summed E-state index contributed by atoms with van der Waals surface area (Å²) in [5, 5.41) is 11.8. The third kappa shape index (κ3) is 3.71. The third-order valence-electron chi connectivity index (χ3n) is 3.49. The van der Waals surface area contributed by atoms with Crippen LogP contribution in [0.25, 0.3) is 0 Å². The standard InChI is InChI=1S/C14H15F3N2/c15-14(16,17)12-3-1-2-11(8-12)9-19-10-13(4-5-13)6-7-18/h1-3,8,19H,4-6,9-10H2. The number of hydrogen-bond acceptors (Lipinski definition) is 2. The van der Waals surface area contributed by atoms with Gasteiger partial charge < -0.3 is 5.32 Å². The highest BCUT2D eigenvalue weighted by atomic mass is 19.4. The number of hydrogen-bond donors (Lipinski definition) is 1. The van der Waals surface area contributed by atoms with Gasteiger partial charge in [-0.25, -0.2) is 0 Å². The summed E-state index contributed by atoms with van der Waals surface area (Å²) in [6.45, 7) is 1.09. The summed E-state index contributed by atoms with van der Waals surface area (Å²) in [5.74, 6) is 0. The molecule has 0 unspecified atom stereocenters. The van der Waals surface area contributed by atoms with Gasteiger partial charge in [-0.2, -0.15) is 18.4 Å². The van der Waals surface area contributed by atoms with Crippen molar-refractivity contribution in [2.75, 3.05) is 6.54 Å². The summed E-state index contributed by atoms with van der Waals surface area (Å²) in [7, 11) is 0. The van der Waals surface area contributed by atoms with Crippen LogP contribution in [0.15, 0.2) is 24.3 Å². The fraction of sp³-hybridized carbons (Fsp3) is 0.500. The minimum atomic E-state index is -4.30. The minimum absolute atomic E-state index is 0.0659. The van der Waals surface area contributed by atoms with Crippen LogP contribution in [0.1, 0.15) is 30.4 Å². The summed E-state index contributed by atoms with van der Waals surface area (Å²) < 4.78 is 37.6. The Hall–Kier alpha value is -1.54. The molecule has 0 aliphatic heterocycles. The maximum atomic E-state index is 12.5. The summed E-state index contributed by atoms with van der Waals surface area (Å²) in [6, 6.07) is 7.49. The van der Waals surface area contributed by atoms with Crippen molar-refractivity contribution in [2.45, 2.75) is 32.0 Å². The van der Waals surface area contributed by atoms with Gasteiger partial charge in [0.15, 0.2) is 0 Å². The molecule has 1 N–H and O–H groups in total. The molecule has 19 heavy (non-hydrogen) atoms. The van der Waals surface area contributed by atoms with E-state index in [1.54, 1.807) is 6.07 Å². The third-order valence-corrected chi connectivity index (χ3v) is 3.49. The smallest absolute Gasteiger partial charge is 0.312 e. The molecule has 0 aromatic heterocycles. The van der Waals surface area contributed by atoms with E-state index in [2.05, 4.69) is 11.4 Å². The lowest BCUT2D eigenvalue weighted by atomic mass is 10.0. The van der Waals surface area contributed by atoms with Crippen molar-refractivity contribution in [1.82, 2.24) is 5.32 Å². The van der Waals surface area contributed by atoms with Gasteiger partial charge >= 0.3 is 6.18 Å². The first kappa shape index (κ1) is 13.9. The number of benzene rings is 1. The zero-order chi connectivity index (χ0) is 13.9. The minimum Gasteiger partial charge on any atom is -0.312 e. The first-order chi connectivity index (χ1) is 8.95. The molecule has 1 fully saturated rings. The van der Waals surface area contributed by atoms with Gasteiger partial charge in [-0.15, -0.1) is 0 Å². The van der Waals surface area contributed by atoms with Crippen molar-refractivity contribution in [3.8, 4) is 6.07 Å². The van der Waals surface area contributed by atoms with Crippen molar-refractivity contribution >= 4 is 0 Å². The monoisotopic (exact) mass is 268 g/mol. The Morgan fingerprint density at radius 1 is 1.32 bits per heavy atom. The Bertz CT molecular complexity index is 484. The molecule has 2 rings (SSSR count). The topological polar surface area (TPSA) is 35.8 Å². The molecule has 0 atom stereocenters. The fourth-order valence-electron chi connectivity index (χ4n) is 2.09. The summed E-state index contributed by atoms with van der Waals surface area (Å²) in [4.78, 5) is 0. The molecule has 102 valence electrons. The highest BCUT2D eigenvalue weighted by Crippen LogP contribution is 2.47. The van der Waals surface area contributed by atoms with Crippen LogP contribution in [0.2, 0.25) is 0 Å². The van der Waals surface area contributed by atoms with E-state index in [0.29, 0.717) is 25.1 Å². The van der Waals surface area contributed by atoms with Gasteiger partial charge in [0, 0.05) is 19.5 Å². The summed E-state index contributed by atoms with van der Waals surface area (Å²) >= 11 is 0. The molecule has 1 saturated carbocycles. The molecule has 0 spiro atoms. The molecule has 1 aromatic carbocycles. The first-order valence-corrected chi connectivity index (χ1v) is 6.19. The number of nitrogens with one attached hydrogen (secondary N) is 1. The van der Waals surface area contributed by atoms with Gasteiger partial charge in [-0.1, -0.05) is 18.2 Å². The number of nitriles is 1. The van der Waals surface area contributed by atoms with Crippen LogP contribution in [0.3, 0.4) is 0 Å². The molecule has 1 aliphatic carbocycles. The molecule has 0 bridgehead atoms. The van der Waals surface area contributed by atoms with Crippen molar-refractivity contribution in [3.63, 3.8) is 0 Å². The molecule has 0 amide bonds. The van der Waals surface area contributed by atoms with Gasteiger partial charge in [0.25, 0.3) is 0 Å². The SMILES string of the molecule is N#CCC1(CNCc2cccc(C(F)(F)F)c2)CC1. The van der Waals surface area contributed by atoms with E-state index in [1.807, 2.05) is 0 Å². The van der Waals surface area contributed by atoms with Crippen molar-refractivity contribution in [1.29, 1.82) is 5.26 Å². The van der Waals surface area contributed by atoms with Crippen molar-refractivity contribution in [2.24, 2.45) is 5.41 Å². The molecule has 2 nitrogen and oxygen atoms in total. The van der Waals surface area contributed by atoms with E-state index >= 15 is 0 Å². The molecule has 0 radical (unpaired) electrons. The van der Waals surface area contributed by atoms with E-state index in [9.17, 15) is 13.2 Å². The molecule has 0 heterocycles. The second-order valence-corrected chi connectivity index (χ2v) is 5.14.